The van der Waals surface area contributed by atoms with Gasteiger partial charge in [0.2, 0.25) is 0 Å². The number of alkyl carbamates (subject to hydrolysis) is 1. The molecule has 1 aliphatic rings. The Morgan fingerprint density at radius 1 is 1.24 bits per heavy atom. The number of aromatic amines is 1. The van der Waals surface area contributed by atoms with Gasteiger partial charge in [-0.25, -0.2) is 9.78 Å². The lowest BCUT2D eigenvalue weighted by molar-refractivity contribution is 0.0500. The maximum Gasteiger partial charge on any atom is 0.407 e. The van der Waals surface area contributed by atoms with Crippen molar-refractivity contribution >= 4 is 50.3 Å². The summed E-state index contributed by atoms with van der Waals surface area (Å²) >= 11 is 3.65. The van der Waals surface area contributed by atoms with Crippen molar-refractivity contribution in [2.45, 2.75) is 52.2 Å². The van der Waals surface area contributed by atoms with Crippen LogP contribution in [0.4, 0.5) is 16.2 Å². The first kappa shape index (κ1) is 24.0. The highest BCUT2D eigenvalue weighted by atomic mass is 79.9. The fourth-order valence-corrected chi connectivity index (χ4v) is 4.58. The molecule has 1 aliphatic heterocycles. The standard InChI is InChI=1S/C24H29BrN6O3/c1-14-7-8-15(10-26-14)22(32)30-18-12-28-21-19(18)20(17(25)11-27-21)31-9-5-6-16(13-31)29-23(33)34-24(2,3)4/h7-8,10-12,16H,5-6,9,13H2,1-4H3,(H,27,28)(H,29,33)(H,30,32)/t16-/m1/s1. The van der Waals surface area contributed by atoms with Gasteiger partial charge in [0.15, 0.2) is 0 Å². The topological polar surface area (TPSA) is 112 Å². The van der Waals surface area contributed by atoms with Gasteiger partial charge >= 0.3 is 6.09 Å². The lowest BCUT2D eigenvalue weighted by Crippen LogP contribution is -2.49. The number of aromatic nitrogens is 3. The second-order valence-corrected chi connectivity index (χ2v) is 10.3. The van der Waals surface area contributed by atoms with Crippen molar-refractivity contribution in [1.29, 1.82) is 0 Å². The summed E-state index contributed by atoms with van der Waals surface area (Å²) in [6, 6.07) is 3.49. The number of ether oxygens (including phenoxy) is 1. The number of hydrogen-bond acceptors (Lipinski definition) is 6. The number of carbonyl (C=O) groups is 2. The Hall–Kier alpha value is -3.14. The number of aryl methyl sites for hydroxylation is 1. The summed E-state index contributed by atoms with van der Waals surface area (Å²) in [6.07, 6.45) is 6.39. The second kappa shape index (κ2) is 9.61. The fraction of sp³-hybridized carbons (Fsp3) is 0.417. The molecule has 4 rings (SSSR count). The molecule has 9 nitrogen and oxygen atoms in total. The van der Waals surface area contributed by atoms with Crippen molar-refractivity contribution in [3.05, 3.63) is 46.5 Å². The van der Waals surface area contributed by atoms with Gasteiger partial charge < -0.3 is 25.3 Å². The third-order valence-corrected chi connectivity index (χ3v) is 6.09. The zero-order valence-electron chi connectivity index (χ0n) is 19.7. The molecular formula is C24H29BrN6O3. The van der Waals surface area contributed by atoms with Crippen molar-refractivity contribution in [3.63, 3.8) is 0 Å². The van der Waals surface area contributed by atoms with E-state index in [1.807, 2.05) is 27.7 Å². The van der Waals surface area contributed by atoms with Crippen molar-refractivity contribution in [1.82, 2.24) is 20.3 Å². The molecule has 0 aliphatic carbocycles. The smallest absolute Gasteiger partial charge is 0.407 e. The molecule has 4 heterocycles. The molecule has 1 fully saturated rings. The summed E-state index contributed by atoms with van der Waals surface area (Å²) < 4.78 is 6.24. The third kappa shape index (κ3) is 5.49. The highest BCUT2D eigenvalue weighted by Crippen LogP contribution is 2.39. The predicted octanol–water partition coefficient (Wildman–Crippen LogP) is 4.77. The summed E-state index contributed by atoms with van der Waals surface area (Å²) in [5, 5.41) is 6.79. The molecule has 0 spiro atoms. The number of fused-ring (bicyclic) bond motifs is 1. The molecule has 0 radical (unpaired) electrons. The summed E-state index contributed by atoms with van der Waals surface area (Å²) in [4.78, 5) is 39.2. The number of piperidine rings is 1. The Bertz CT molecular complexity index is 1200. The van der Waals surface area contributed by atoms with Crippen LogP contribution in [0.5, 0.6) is 0 Å². The van der Waals surface area contributed by atoms with Gasteiger partial charge in [0.25, 0.3) is 5.91 Å². The normalized spacial score (nSPS) is 16.4. The van der Waals surface area contributed by atoms with E-state index >= 15 is 0 Å². The van der Waals surface area contributed by atoms with Crippen LogP contribution in [-0.2, 0) is 4.74 Å². The van der Waals surface area contributed by atoms with E-state index in [9.17, 15) is 9.59 Å². The number of H-pyrrole nitrogens is 1. The van der Waals surface area contributed by atoms with Gasteiger partial charge in [-0.15, -0.1) is 0 Å². The molecule has 2 amide bonds. The van der Waals surface area contributed by atoms with E-state index < -0.39 is 11.7 Å². The van der Waals surface area contributed by atoms with Crippen molar-refractivity contribution in [2.24, 2.45) is 0 Å². The zero-order valence-corrected chi connectivity index (χ0v) is 21.3. The van der Waals surface area contributed by atoms with Gasteiger partial charge in [-0.3, -0.25) is 9.78 Å². The van der Waals surface area contributed by atoms with Crippen molar-refractivity contribution in [2.75, 3.05) is 23.3 Å². The van der Waals surface area contributed by atoms with Crippen molar-refractivity contribution in [3.8, 4) is 0 Å². The molecule has 0 saturated carbocycles. The first-order valence-electron chi connectivity index (χ1n) is 11.2. The number of hydrogen-bond donors (Lipinski definition) is 3. The van der Waals surface area contributed by atoms with Crippen LogP contribution in [0.1, 0.15) is 49.7 Å². The Labute approximate surface area is 206 Å². The van der Waals surface area contributed by atoms with Gasteiger partial charge in [-0.1, -0.05) is 0 Å². The van der Waals surface area contributed by atoms with Crippen LogP contribution in [0.3, 0.4) is 0 Å². The molecule has 1 atom stereocenters. The van der Waals surface area contributed by atoms with Gasteiger partial charge in [0.05, 0.1) is 26.8 Å². The SMILES string of the molecule is Cc1ccc(C(=O)Nc2c[nH]c3ncc(Br)c(N4CCC[C@@H](NC(=O)OC(C)(C)C)C4)c23)cn1. The number of nitrogens with zero attached hydrogens (tertiary/aromatic N) is 3. The first-order valence-corrected chi connectivity index (χ1v) is 12.0. The van der Waals surface area contributed by atoms with E-state index in [0.29, 0.717) is 23.4 Å². The largest absolute Gasteiger partial charge is 0.444 e. The highest BCUT2D eigenvalue weighted by Gasteiger charge is 2.27. The number of nitrogens with one attached hydrogen (secondary N) is 3. The molecular weight excluding hydrogens is 500 g/mol. The maximum atomic E-state index is 12.9. The predicted molar refractivity (Wildman–Crippen MR) is 135 cm³/mol. The Morgan fingerprint density at radius 3 is 2.74 bits per heavy atom. The van der Waals surface area contributed by atoms with Gasteiger partial charge in [0.1, 0.15) is 11.2 Å². The van der Waals surface area contributed by atoms with E-state index in [2.05, 4.69) is 46.4 Å². The minimum Gasteiger partial charge on any atom is -0.444 e. The molecule has 10 heteroatoms. The minimum atomic E-state index is -0.552. The van der Waals surface area contributed by atoms with Gasteiger partial charge in [-0.2, -0.15) is 0 Å². The molecule has 0 bridgehead atoms. The summed E-state index contributed by atoms with van der Waals surface area (Å²) in [5.41, 5.74) is 2.98. The molecule has 0 unspecified atom stereocenters. The van der Waals surface area contributed by atoms with Gasteiger partial charge in [0, 0.05) is 43.4 Å². The third-order valence-electron chi connectivity index (χ3n) is 5.51. The van der Waals surface area contributed by atoms with Crippen LogP contribution < -0.4 is 15.5 Å². The van der Waals surface area contributed by atoms with E-state index in [-0.39, 0.29) is 11.9 Å². The van der Waals surface area contributed by atoms with Crippen LogP contribution in [-0.4, -0.2) is 51.7 Å². The van der Waals surface area contributed by atoms with Crippen LogP contribution in [0.15, 0.2) is 35.2 Å². The molecule has 1 saturated heterocycles. The molecule has 3 aromatic rings. The van der Waals surface area contributed by atoms with Gasteiger partial charge in [-0.05, 0) is 68.6 Å². The maximum absolute atomic E-state index is 12.9. The van der Waals surface area contributed by atoms with E-state index in [1.165, 1.54) is 0 Å². The Kier molecular flexibility index (Phi) is 6.79. The van der Waals surface area contributed by atoms with E-state index in [1.54, 1.807) is 30.7 Å². The fourth-order valence-electron chi connectivity index (χ4n) is 4.03. The van der Waals surface area contributed by atoms with Crippen molar-refractivity contribution < 1.29 is 14.3 Å². The number of pyridine rings is 2. The van der Waals surface area contributed by atoms with E-state index in [0.717, 1.165) is 40.6 Å². The number of halogens is 1. The number of amides is 2. The average molecular weight is 529 g/mol. The van der Waals surface area contributed by atoms with E-state index in [4.69, 9.17) is 4.74 Å². The lowest BCUT2D eigenvalue weighted by atomic mass is 10.0. The molecule has 34 heavy (non-hydrogen) atoms. The van der Waals surface area contributed by atoms with Crippen LogP contribution >= 0.6 is 15.9 Å². The summed E-state index contributed by atoms with van der Waals surface area (Å²) in [7, 11) is 0. The number of anilines is 2. The van der Waals surface area contributed by atoms with Crippen LogP contribution in [0.25, 0.3) is 11.0 Å². The number of carbonyl (C=O) groups excluding carboxylic acids is 2. The average Bonchev–Trinajstić information content (AvgIpc) is 3.15. The highest BCUT2D eigenvalue weighted by molar-refractivity contribution is 9.10. The minimum absolute atomic E-state index is 0.0608. The monoisotopic (exact) mass is 528 g/mol. The van der Waals surface area contributed by atoms with Crippen LogP contribution in [0.2, 0.25) is 0 Å². The van der Waals surface area contributed by atoms with Crippen LogP contribution in [0, 0.1) is 6.92 Å². The first-order chi connectivity index (χ1) is 16.1. The molecule has 3 N–H and O–H groups in total. The molecule has 0 aromatic carbocycles. The Balaban J connectivity index is 1.59. The zero-order chi connectivity index (χ0) is 24.5. The lowest BCUT2D eigenvalue weighted by Gasteiger charge is -2.36. The molecule has 180 valence electrons. The molecule has 3 aromatic heterocycles. The second-order valence-electron chi connectivity index (χ2n) is 9.45. The quantitative estimate of drug-likeness (QED) is 0.449. The number of rotatable bonds is 4. The summed E-state index contributed by atoms with van der Waals surface area (Å²) in [5.74, 6) is -0.248. The summed E-state index contributed by atoms with van der Waals surface area (Å²) in [6.45, 7) is 8.83. The Morgan fingerprint density at radius 2 is 2.03 bits per heavy atom.